The second-order valence-corrected chi connectivity index (χ2v) is 7.62. The van der Waals surface area contributed by atoms with Crippen LogP contribution in [0.5, 0.6) is 0 Å². The number of amides is 2. The molecular weight excluding hydrogens is 312 g/mol. The Kier molecular flexibility index (Phi) is 7.48. The molecule has 4 nitrogen and oxygen atoms in total. The second-order valence-electron chi connectivity index (χ2n) is 7.62. The summed E-state index contributed by atoms with van der Waals surface area (Å²) in [6, 6.07) is 7.78. The van der Waals surface area contributed by atoms with Crippen LogP contribution in [-0.2, 0) is 4.79 Å². The van der Waals surface area contributed by atoms with Gasteiger partial charge in [-0.25, -0.2) is 0 Å². The minimum absolute atomic E-state index is 0.142. The molecule has 2 amide bonds. The molecule has 0 bridgehead atoms. The van der Waals surface area contributed by atoms with E-state index in [0.29, 0.717) is 18.3 Å². The lowest BCUT2D eigenvalue weighted by molar-refractivity contribution is -0.121. The fourth-order valence-corrected chi connectivity index (χ4v) is 3.33. The zero-order valence-electron chi connectivity index (χ0n) is 15.9. The normalized spacial score (nSPS) is 15.4. The summed E-state index contributed by atoms with van der Waals surface area (Å²) in [6.45, 7) is 8.69. The number of nitrogens with one attached hydrogen (secondary N) is 1. The van der Waals surface area contributed by atoms with E-state index in [1.54, 1.807) is 0 Å². The molecule has 1 saturated heterocycles. The molecule has 0 radical (unpaired) electrons. The number of likely N-dealkylation sites (tertiary alicyclic amines) is 1. The molecule has 0 aliphatic carbocycles. The van der Waals surface area contributed by atoms with Gasteiger partial charge in [0, 0.05) is 31.6 Å². The lowest BCUT2D eigenvalue weighted by Crippen LogP contribution is -2.39. The smallest absolute Gasteiger partial charge is 0.254 e. The molecule has 2 rings (SSSR count). The van der Waals surface area contributed by atoms with Crippen molar-refractivity contribution < 1.29 is 9.59 Å². The quantitative estimate of drug-likeness (QED) is 0.818. The molecule has 0 saturated carbocycles. The van der Waals surface area contributed by atoms with Crippen LogP contribution in [0.3, 0.4) is 0 Å². The Hall–Kier alpha value is -1.84. The molecule has 25 heavy (non-hydrogen) atoms. The number of hydrogen-bond donors (Lipinski definition) is 1. The van der Waals surface area contributed by atoms with Gasteiger partial charge < -0.3 is 10.2 Å². The summed E-state index contributed by atoms with van der Waals surface area (Å²) in [5.74, 6) is 1.48. The molecule has 1 aliphatic heterocycles. The van der Waals surface area contributed by atoms with E-state index in [9.17, 15) is 9.59 Å². The van der Waals surface area contributed by atoms with Crippen molar-refractivity contribution in [3.05, 3.63) is 35.4 Å². The van der Waals surface area contributed by atoms with E-state index < -0.39 is 0 Å². The maximum absolute atomic E-state index is 12.6. The van der Waals surface area contributed by atoms with Gasteiger partial charge in [0.25, 0.3) is 5.91 Å². The number of carbonyl (C=O) groups excluding carboxylic acids is 2. The average molecular weight is 344 g/mol. The van der Waals surface area contributed by atoms with Gasteiger partial charge in [0.2, 0.25) is 5.91 Å². The van der Waals surface area contributed by atoms with Gasteiger partial charge in [0.15, 0.2) is 0 Å². The summed E-state index contributed by atoms with van der Waals surface area (Å²) in [5, 5.41) is 3.00. The van der Waals surface area contributed by atoms with Crippen molar-refractivity contribution in [1.82, 2.24) is 10.2 Å². The van der Waals surface area contributed by atoms with Crippen molar-refractivity contribution in [2.75, 3.05) is 19.6 Å². The van der Waals surface area contributed by atoms with Crippen LogP contribution in [0.2, 0.25) is 0 Å². The Morgan fingerprint density at radius 1 is 1.20 bits per heavy atom. The van der Waals surface area contributed by atoms with Crippen LogP contribution in [0.15, 0.2) is 24.3 Å². The third-order valence-corrected chi connectivity index (χ3v) is 5.10. The van der Waals surface area contributed by atoms with Crippen molar-refractivity contribution in [2.24, 2.45) is 11.8 Å². The highest BCUT2D eigenvalue weighted by atomic mass is 16.2. The maximum atomic E-state index is 12.6. The summed E-state index contributed by atoms with van der Waals surface area (Å²) in [4.78, 5) is 26.5. The molecule has 1 aliphatic rings. The SMILES string of the molecule is Cc1ccccc1C(=O)N1CCC(CCC(=O)NCCC(C)C)CC1. The number of piperidine rings is 1. The van der Waals surface area contributed by atoms with E-state index in [1.807, 2.05) is 36.1 Å². The Labute approximate surface area is 152 Å². The van der Waals surface area contributed by atoms with Crippen LogP contribution in [-0.4, -0.2) is 36.3 Å². The van der Waals surface area contributed by atoms with Gasteiger partial charge in [0.05, 0.1) is 0 Å². The van der Waals surface area contributed by atoms with Gasteiger partial charge in [-0.2, -0.15) is 0 Å². The lowest BCUT2D eigenvalue weighted by Gasteiger charge is -2.32. The minimum atomic E-state index is 0.142. The van der Waals surface area contributed by atoms with Crippen LogP contribution < -0.4 is 5.32 Å². The fraction of sp³-hybridized carbons (Fsp3) is 0.619. The first kappa shape index (κ1) is 19.5. The molecule has 4 heteroatoms. The largest absolute Gasteiger partial charge is 0.356 e. The first-order chi connectivity index (χ1) is 12.0. The molecular formula is C21H32N2O2. The number of carbonyl (C=O) groups is 2. The molecule has 1 aromatic carbocycles. The lowest BCUT2D eigenvalue weighted by atomic mass is 9.91. The van der Waals surface area contributed by atoms with E-state index in [-0.39, 0.29) is 11.8 Å². The van der Waals surface area contributed by atoms with Gasteiger partial charge in [-0.3, -0.25) is 9.59 Å². The number of rotatable bonds is 7. The molecule has 1 heterocycles. The first-order valence-corrected chi connectivity index (χ1v) is 9.59. The van der Waals surface area contributed by atoms with E-state index in [1.165, 1.54) is 0 Å². The summed E-state index contributed by atoms with van der Waals surface area (Å²) in [7, 11) is 0. The van der Waals surface area contributed by atoms with E-state index >= 15 is 0 Å². The third kappa shape index (κ3) is 6.18. The molecule has 0 unspecified atom stereocenters. The highest BCUT2D eigenvalue weighted by Gasteiger charge is 2.24. The van der Waals surface area contributed by atoms with E-state index in [0.717, 1.165) is 56.4 Å². The van der Waals surface area contributed by atoms with E-state index in [2.05, 4.69) is 19.2 Å². The standard InChI is InChI=1S/C21H32N2O2/c1-16(2)10-13-22-20(24)9-8-18-11-14-23(15-12-18)21(25)19-7-5-4-6-17(19)3/h4-7,16,18H,8-15H2,1-3H3,(H,22,24). The average Bonchev–Trinajstić information content (AvgIpc) is 2.60. The van der Waals surface area contributed by atoms with Gasteiger partial charge in [-0.05, 0) is 56.1 Å². The Morgan fingerprint density at radius 2 is 1.88 bits per heavy atom. The summed E-state index contributed by atoms with van der Waals surface area (Å²) < 4.78 is 0. The number of benzene rings is 1. The number of aryl methyl sites for hydroxylation is 1. The summed E-state index contributed by atoms with van der Waals surface area (Å²) >= 11 is 0. The predicted molar refractivity (Wildman–Crippen MR) is 102 cm³/mol. The van der Waals surface area contributed by atoms with Crippen molar-refractivity contribution in [2.45, 2.75) is 52.9 Å². The van der Waals surface area contributed by atoms with Crippen molar-refractivity contribution >= 4 is 11.8 Å². The number of hydrogen-bond acceptors (Lipinski definition) is 2. The minimum Gasteiger partial charge on any atom is -0.356 e. The van der Waals surface area contributed by atoms with Crippen molar-refractivity contribution in [3.8, 4) is 0 Å². The van der Waals surface area contributed by atoms with Crippen molar-refractivity contribution in [1.29, 1.82) is 0 Å². The molecule has 0 atom stereocenters. The first-order valence-electron chi connectivity index (χ1n) is 9.59. The second kappa shape index (κ2) is 9.59. The van der Waals surface area contributed by atoms with Gasteiger partial charge >= 0.3 is 0 Å². The third-order valence-electron chi connectivity index (χ3n) is 5.10. The number of nitrogens with zero attached hydrogens (tertiary/aromatic N) is 1. The van der Waals surface area contributed by atoms with Crippen LogP contribution in [0.25, 0.3) is 0 Å². The molecule has 0 spiro atoms. The monoisotopic (exact) mass is 344 g/mol. The molecule has 138 valence electrons. The van der Waals surface area contributed by atoms with Gasteiger partial charge in [0.1, 0.15) is 0 Å². The Bertz CT molecular complexity index is 575. The molecule has 1 aromatic rings. The summed E-state index contributed by atoms with van der Waals surface area (Å²) in [5.41, 5.74) is 1.85. The zero-order valence-corrected chi connectivity index (χ0v) is 15.9. The molecule has 1 N–H and O–H groups in total. The van der Waals surface area contributed by atoms with Crippen LogP contribution in [0.4, 0.5) is 0 Å². The Balaban J connectivity index is 1.70. The van der Waals surface area contributed by atoms with E-state index in [4.69, 9.17) is 0 Å². The van der Waals surface area contributed by atoms with Crippen LogP contribution in [0, 0.1) is 18.8 Å². The van der Waals surface area contributed by atoms with Crippen LogP contribution >= 0.6 is 0 Å². The molecule has 0 aromatic heterocycles. The topological polar surface area (TPSA) is 49.4 Å². The predicted octanol–water partition coefficient (Wildman–Crippen LogP) is 3.79. The highest BCUT2D eigenvalue weighted by molar-refractivity contribution is 5.95. The summed E-state index contributed by atoms with van der Waals surface area (Å²) in [6.07, 6.45) is 4.56. The molecule has 1 fully saturated rings. The van der Waals surface area contributed by atoms with Gasteiger partial charge in [-0.15, -0.1) is 0 Å². The highest BCUT2D eigenvalue weighted by Crippen LogP contribution is 2.23. The van der Waals surface area contributed by atoms with Crippen LogP contribution in [0.1, 0.15) is 61.9 Å². The Morgan fingerprint density at radius 3 is 2.52 bits per heavy atom. The van der Waals surface area contributed by atoms with Crippen molar-refractivity contribution in [3.63, 3.8) is 0 Å². The zero-order chi connectivity index (χ0) is 18.2. The maximum Gasteiger partial charge on any atom is 0.254 e. The fourth-order valence-electron chi connectivity index (χ4n) is 3.33. The van der Waals surface area contributed by atoms with Gasteiger partial charge in [-0.1, -0.05) is 32.0 Å².